The molecule has 2 heterocycles. The second-order valence-electron chi connectivity index (χ2n) is 9.53. The van der Waals surface area contributed by atoms with E-state index in [-0.39, 0.29) is 11.3 Å². The fourth-order valence-corrected chi connectivity index (χ4v) is 5.97. The molecule has 0 bridgehead atoms. The first kappa shape index (κ1) is 25.1. The molecule has 0 spiro atoms. The molecule has 0 aliphatic heterocycles. The Kier molecular flexibility index (Phi) is 6.60. The summed E-state index contributed by atoms with van der Waals surface area (Å²) < 4.78 is 10.8. The zero-order valence-electron chi connectivity index (χ0n) is 20.4. The molecule has 184 valence electrons. The van der Waals surface area contributed by atoms with E-state index in [0.29, 0.717) is 32.8 Å². The Balaban J connectivity index is 1.84. The van der Waals surface area contributed by atoms with Gasteiger partial charge in [0.25, 0.3) is 11.5 Å². The van der Waals surface area contributed by atoms with E-state index < -0.39 is 22.7 Å². The van der Waals surface area contributed by atoms with Gasteiger partial charge in [-0.05, 0) is 76.1 Å². The quantitative estimate of drug-likeness (QED) is 0.461. The molecule has 3 aromatic rings. The molecule has 1 saturated carbocycles. The smallest absolute Gasteiger partial charge is 0.333 e. The molecule has 1 aromatic carbocycles. The van der Waals surface area contributed by atoms with Gasteiger partial charge in [-0.15, -0.1) is 11.3 Å². The van der Waals surface area contributed by atoms with Gasteiger partial charge in [-0.1, -0.05) is 18.2 Å². The van der Waals surface area contributed by atoms with Gasteiger partial charge in [0.2, 0.25) is 0 Å². The monoisotopic (exact) mass is 512 g/mol. The van der Waals surface area contributed by atoms with Crippen LogP contribution in [0.15, 0.2) is 33.9 Å². The molecule has 0 atom stereocenters. The lowest BCUT2D eigenvalue weighted by atomic mass is 10.0. The number of rotatable bonds is 8. The van der Waals surface area contributed by atoms with Crippen molar-refractivity contribution in [2.75, 3.05) is 7.11 Å². The number of nitriles is 1. The van der Waals surface area contributed by atoms with Gasteiger partial charge >= 0.3 is 5.69 Å². The van der Waals surface area contributed by atoms with Crippen LogP contribution in [0, 0.1) is 18.3 Å². The molecule has 1 aliphatic rings. The molecule has 10 heteroatoms. The maximum atomic E-state index is 13.8. The maximum Gasteiger partial charge on any atom is 0.333 e. The lowest BCUT2D eigenvalue weighted by Crippen LogP contribution is -2.55. The van der Waals surface area contributed by atoms with Crippen molar-refractivity contribution in [3.05, 3.63) is 61.1 Å². The first-order chi connectivity index (χ1) is 16.5. The van der Waals surface area contributed by atoms with Crippen molar-refractivity contribution in [3.8, 4) is 11.8 Å². The van der Waals surface area contributed by atoms with Crippen molar-refractivity contribution in [2.45, 2.75) is 63.8 Å². The number of hydrogen-bond acceptors (Lipinski definition) is 7. The van der Waals surface area contributed by atoms with Gasteiger partial charge in [0.05, 0.1) is 12.5 Å². The molecule has 0 radical (unpaired) electrons. The number of methoxy groups -OCH3 is 1. The van der Waals surface area contributed by atoms with Gasteiger partial charge in [0.15, 0.2) is 0 Å². The first-order valence-electron chi connectivity index (χ1n) is 11.3. The van der Waals surface area contributed by atoms with E-state index >= 15 is 0 Å². The van der Waals surface area contributed by atoms with Crippen molar-refractivity contribution < 1.29 is 9.53 Å². The molecule has 35 heavy (non-hydrogen) atoms. The highest BCUT2D eigenvalue weighted by atomic mass is 32.2. The van der Waals surface area contributed by atoms with E-state index in [1.165, 1.54) is 16.5 Å². The maximum absolute atomic E-state index is 13.8. The highest BCUT2D eigenvalue weighted by Crippen LogP contribution is 2.46. The lowest BCUT2D eigenvalue weighted by Gasteiger charge is -2.27. The van der Waals surface area contributed by atoms with Crippen LogP contribution in [0.4, 0.5) is 0 Å². The van der Waals surface area contributed by atoms with Crippen LogP contribution in [0.1, 0.15) is 49.6 Å². The average Bonchev–Trinajstić information content (AvgIpc) is 3.47. The molecule has 4 rings (SSSR count). The number of thiophene rings is 1. The number of nitrogens with zero attached hydrogens (tertiary/aromatic N) is 3. The minimum Gasteiger partial charge on any atom is -0.496 e. The van der Waals surface area contributed by atoms with E-state index in [4.69, 9.17) is 4.74 Å². The van der Waals surface area contributed by atoms with Gasteiger partial charge in [0, 0.05) is 11.3 Å². The van der Waals surface area contributed by atoms with Gasteiger partial charge in [-0.2, -0.15) is 5.26 Å². The largest absolute Gasteiger partial charge is 0.496 e. The highest BCUT2D eigenvalue weighted by molar-refractivity contribution is 7.99. The predicted molar refractivity (Wildman–Crippen MR) is 139 cm³/mol. The molecule has 1 fully saturated rings. The third-order valence-corrected chi connectivity index (χ3v) is 8.98. The summed E-state index contributed by atoms with van der Waals surface area (Å²) in [5, 5.41) is 9.90. The van der Waals surface area contributed by atoms with Crippen LogP contribution >= 0.6 is 23.3 Å². The molecular formula is C25H28N4O4S2. The number of ether oxygens (including phenoxy) is 1. The number of aromatic nitrogens is 2. The molecule has 2 aromatic heterocycles. The second kappa shape index (κ2) is 9.21. The van der Waals surface area contributed by atoms with Crippen molar-refractivity contribution in [1.82, 2.24) is 13.9 Å². The van der Waals surface area contributed by atoms with Crippen LogP contribution in [0.2, 0.25) is 0 Å². The van der Waals surface area contributed by atoms with E-state index in [1.54, 1.807) is 27.9 Å². The minimum absolute atomic E-state index is 0.00123. The Morgan fingerprint density at radius 2 is 2.00 bits per heavy atom. The second-order valence-corrected chi connectivity index (χ2v) is 11.9. The first-order valence-corrected chi connectivity index (χ1v) is 13.0. The number of aryl methyl sites for hydroxylation is 3. The topological polar surface area (TPSA) is 106 Å². The molecule has 8 nitrogen and oxygen atoms in total. The standard InChI is InChI=1S/C25H28N4O4S2/c1-15-18(14-26)34-21-19(15)20(30)29(24(2,3)22(31)27-35-25(4)11-12-25)23(32)28(21)13-10-16-8-6-7-9-17(16)33-5/h6-9H,10-13H2,1-5H3,(H,27,31). The molecule has 1 amide bonds. The fraction of sp³-hybridized carbons (Fsp3) is 0.440. The molecule has 1 N–H and O–H groups in total. The van der Waals surface area contributed by atoms with Crippen molar-refractivity contribution >= 4 is 39.4 Å². The summed E-state index contributed by atoms with van der Waals surface area (Å²) in [4.78, 5) is 41.4. The minimum atomic E-state index is -1.44. The van der Waals surface area contributed by atoms with E-state index in [9.17, 15) is 19.6 Å². The Hall–Kier alpha value is -3.03. The van der Waals surface area contributed by atoms with Crippen LogP contribution in [-0.2, 0) is 23.3 Å². The van der Waals surface area contributed by atoms with Crippen LogP contribution in [0.25, 0.3) is 10.2 Å². The SMILES string of the molecule is COc1ccccc1CCn1c(=O)n(C(C)(C)C(=O)NSC2(C)CC2)c(=O)c2c(C)c(C#N)sc21. The third kappa shape index (κ3) is 4.50. The number of fused-ring (bicyclic) bond motifs is 1. The summed E-state index contributed by atoms with van der Waals surface area (Å²) in [6.07, 6.45) is 2.48. The van der Waals surface area contributed by atoms with Gasteiger partial charge in [-0.25, -0.2) is 9.36 Å². The third-order valence-electron chi connectivity index (χ3n) is 6.57. The number of hydrogen-bond donors (Lipinski definition) is 1. The fourth-order valence-electron chi connectivity index (χ4n) is 3.96. The molecular weight excluding hydrogens is 484 g/mol. The number of nitrogens with one attached hydrogen (secondary N) is 1. The van der Waals surface area contributed by atoms with Crippen LogP contribution in [0.3, 0.4) is 0 Å². The van der Waals surface area contributed by atoms with E-state index in [0.717, 1.165) is 34.3 Å². The van der Waals surface area contributed by atoms with Gasteiger partial charge < -0.3 is 4.74 Å². The van der Waals surface area contributed by atoms with Gasteiger partial charge in [0.1, 0.15) is 27.1 Å². The lowest BCUT2D eigenvalue weighted by molar-refractivity contribution is -0.126. The number of para-hydroxylation sites is 1. The summed E-state index contributed by atoms with van der Waals surface area (Å²) >= 11 is 2.46. The molecule has 0 unspecified atom stereocenters. The number of benzene rings is 1. The number of amides is 1. The van der Waals surface area contributed by atoms with Crippen molar-refractivity contribution in [3.63, 3.8) is 0 Å². The zero-order valence-corrected chi connectivity index (χ0v) is 22.1. The summed E-state index contributed by atoms with van der Waals surface area (Å²) in [5.41, 5.74) is -1.14. The Labute approximate surface area is 211 Å². The zero-order chi connectivity index (χ0) is 25.5. The predicted octanol–water partition coefficient (Wildman–Crippen LogP) is 3.71. The average molecular weight is 513 g/mol. The summed E-state index contributed by atoms with van der Waals surface area (Å²) in [6, 6.07) is 9.66. The summed E-state index contributed by atoms with van der Waals surface area (Å²) in [7, 11) is 1.59. The van der Waals surface area contributed by atoms with Crippen molar-refractivity contribution in [1.29, 1.82) is 5.26 Å². The highest BCUT2D eigenvalue weighted by Gasteiger charge is 2.41. The van der Waals surface area contributed by atoms with Crippen LogP contribution in [0.5, 0.6) is 5.75 Å². The van der Waals surface area contributed by atoms with E-state index in [2.05, 4.69) is 17.7 Å². The number of carbonyl (C=O) groups is 1. The molecule has 1 aliphatic carbocycles. The Bertz CT molecular complexity index is 1470. The summed E-state index contributed by atoms with van der Waals surface area (Å²) in [5.74, 6) is 0.286. The van der Waals surface area contributed by atoms with E-state index in [1.807, 2.05) is 24.3 Å². The Morgan fingerprint density at radius 1 is 1.31 bits per heavy atom. The van der Waals surface area contributed by atoms with Crippen molar-refractivity contribution in [2.24, 2.45) is 0 Å². The normalized spacial score (nSPS) is 14.5. The van der Waals surface area contributed by atoms with Crippen LogP contribution in [-0.4, -0.2) is 26.9 Å². The Morgan fingerprint density at radius 3 is 2.63 bits per heavy atom. The van der Waals surface area contributed by atoms with Gasteiger partial charge in [-0.3, -0.25) is 18.9 Å². The summed E-state index contributed by atoms with van der Waals surface area (Å²) in [6.45, 7) is 7.17. The molecule has 0 saturated heterocycles. The van der Waals surface area contributed by atoms with Crippen LogP contribution < -0.4 is 20.7 Å². The number of carbonyl (C=O) groups excluding carboxylic acids is 1.